The van der Waals surface area contributed by atoms with Crippen LogP contribution in [0.4, 0.5) is 0 Å². The molecule has 0 aliphatic rings. The van der Waals surface area contributed by atoms with Crippen molar-refractivity contribution in [2.45, 2.75) is 0 Å². The van der Waals surface area contributed by atoms with Gasteiger partial charge in [-0.15, -0.1) is 0 Å². The number of hydrogen-bond acceptors (Lipinski definition) is 2. The van der Waals surface area contributed by atoms with Crippen molar-refractivity contribution < 1.29 is 4.79 Å². The molecule has 0 saturated carbocycles. The first kappa shape index (κ1) is 14.6. The van der Waals surface area contributed by atoms with Crippen LogP contribution in [0.5, 0.6) is 0 Å². The average molecular weight is 308 g/mol. The van der Waals surface area contributed by atoms with E-state index in [1.807, 2.05) is 0 Å². The SMILES string of the molecule is Cn1cc(C(=O)/C=C/c2cc(Cl)ccc2Cl)ccc1=O. The van der Waals surface area contributed by atoms with Crippen molar-refractivity contribution in [3.05, 3.63) is 74.1 Å². The summed E-state index contributed by atoms with van der Waals surface area (Å²) in [4.78, 5) is 23.3. The maximum absolute atomic E-state index is 12.0. The number of rotatable bonds is 3. The van der Waals surface area contributed by atoms with Gasteiger partial charge in [-0.3, -0.25) is 9.59 Å². The summed E-state index contributed by atoms with van der Waals surface area (Å²) in [6, 6.07) is 7.87. The fraction of sp³-hybridized carbons (Fsp3) is 0.0667. The van der Waals surface area contributed by atoms with Crippen LogP contribution in [-0.4, -0.2) is 10.4 Å². The van der Waals surface area contributed by atoms with Crippen molar-refractivity contribution in [3.8, 4) is 0 Å². The maximum Gasteiger partial charge on any atom is 0.250 e. The summed E-state index contributed by atoms with van der Waals surface area (Å²) in [5, 5.41) is 1.06. The van der Waals surface area contributed by atoms with E-state index in [1.165, 1.54) is 29.0 Å². The summed E-state index contributed by atoms with van der Waals surface area (Å²) in [5.41, 5.74) is 0.933. The first-order chi connectivity index (χ1) is 9.47. The van der Waals surface area contributed by atoms with Gasteiger partial charge in [-0.1, -0.05) is 23.2 Å². The van der Waals surface area contributed by atoms with Crippen LogP contribution in [-0.2, 0) is 7.05 Å². The Morgan fingerprint density at radius 2 is 1.95 bits per heavy atom. The lowest BCUT2D eigenvalue weighted by atomic mass is 10.1. The van der Waals surface area contributed by atoms with Crippen LogP contribution >= 0.6 is 23.2 Å². The highest BCUT2D eigenvalue weighted by Crippen LogP contribution is 2.21. The van der Waals surface area contributed by atoms with Gasteiger partial charge in [0.1, 0.15) is 0 Å². The molecule has 0 amide bonds. The molecule has 2 aromatic rings. The summed E-state index contributed by atoms with van der Waals surface area (Å²) >= 11 is 11.9. The van der Waals surface area contributed by atoms with Crippen molar-refractivity contribution >= 4 is 35.1 Å². The Bertz CT molecular complexity index is 748. The van der Waals surface area contributed by atoms with Gasteiger partial charge in [0.25, 0.3) is 0 Å². The molecule has 1 aromatic carbocycles. The molecule has 0 radical (unpaired) electrons. The fourth-order valence-electron chi connectivity index (χ4n) is 1.64. The summed E-state index contributed by atoms with van der Waals surface area (Å²) in [6.07, 6.45) is 4.49. The molecule has 0 fully saturated rings. The van der Waals surface area contributed by atoms with E-state index in [1.54, 1.807) is 31.3 Å². The van der Waals surface area contributed by atoms with Gasteiger partial charge in [0, 0.05) is 34.9 Å². The predicted octanol–water partition coefficient (Wildman–Crippen LogP) is 3.59. The maximum atomic E-state index is 12.0. The quantitative estimate of drug-likeness (QED) is 0.642. The lowest BCUT2D eigenvalue weighted by Gasteiger charge is -2.01. The van der Waals surface area contributed by atoms with E-state index in [2.05, 4.69) is 0 Å². The van der Waals surface area contributed by atoms with E-state index in [-0.39, 0.29) is 11.3 Å². The van der Waals surface area contributed by atoms with Gasteiger partial charge >= 0.3 is 0 Å². The molecule has 102 valence electrons. The van der Waals surface area contributed by atoms with E-state index in [0.29, 0.717) is 21.2 Å². The molecule has 0 bridgehead atoms. The van der Waals surface area contributed by atoms with E-state index in [4.69, 9.17) is 23.2 Å². The smallest absolute Gasteiger partial charge is 0.250 e. The highest BCUT2D eigenvalue weighted by molar-refractivity contribution is 6.34. The Balaban J connectivity index is 2.26. The molecule has 1 heterocycles. The Morgan fingerprint density at radius 3 is 2.65 bits per heavy atom. The second-order valence-electron chi connectivity index (χ2n) is 4.23. The molecule has 3 nitrogen and oxygen atoms in total. The van der Waals surface area contributed by atoms with E-state index >= 15 is 0 Å². The predicted molar refractivity (Wildman–Crippen MR) is 81.5 cm³/mol. The molecule has 0 N–H and O–H groups in total. The van der Waals surface area contributed by atoms with Crippen LogP contribution in [0.15, 0.2) is 47.4 Å². The molecule has 5 heteroatoms. The number of hydrogen-bond donors (Lipinski definition) is 0. The van der Waals surface area contributed by atoms with Gasteiger partial charge in [0.15, 0.2) is 5.78 Å². The summed E-state index contributed by atoms with van der Waals surface area (Å²) in [5.74, 6) is -0.211. The number of halogens is 2. The molecule has 0 aliphatic carbocycles. The first-order valence-corrected chi connectivity index (χ1v) is 6.57. The number of carbonyl (C=O) groups excluding carboxylic acids is 1. The van der Waals surface area contributed by atoms with E-state index < -0.39 is 0 Å². The summed E-state index contributed by atoms with van der Waals surface area (Å²) < 4.78 is 1.35. The molecule has 0 atom stereocenters. The second-order valence-corrected chi connectivity index (χ2v) is 5.07. The van der Waals surface area contributed by atoms with Crippen LogP contribution in [0.3, 0.4) is 0 Å². The molecule has 20 heavy (non-hydrogen) atoms. The fourth-order valence-corrected chi connectivity index (χ4v) is 2.00. The zero-order chi connectivity index (χ0) is 14.7. The van der Waals surface area contributed by atoms with Gasteiger partial charge in [-0.05, 0) is 42.0 Å². The zero-order valence-electron chi connectivity index (χ0n) is 10.6. The van der Waals surface area contributed by atoms with Crippen molar-refractivity contribution in [2.24, 2.45) is 7.05 Å². The first-order valence-electron chi connectivity index (χ1n) is 5.81. The van der Waals surface area contributed by atoms with Crippen molar-refractivity contribution in [1.82, 2.24) is 4.57 Å². The number of ketones is 1. The average Bonchev–Trinajstić information content (AvgIpc) is 2.42. The largest absolute Gasteiger partial charge is 0.318 e. The molecule has 0 unspecified atom stereocenters. The van der Waals surface area contributed by atoms with Crippen molar-refractivity contribution in [1.29, 1.82) is 0 Å². The van der Waals surface area contributed by atoms with Crippen LogP contribution in [0, 0.1) is 0 Å². The van der Waals surface area contributed by atoms with E-state index in [0.717, 1.165) is 0 Å². The Labute approximate surface area is 126 Å². The summed E-state index contributed by atoms with van der Waals surface area (Å²) in [7, 11) is 1.59. The molecule has 0 aliphatic heterocycles. The van der Waals surface area contributed by atoms with Gasteiger partial charge in [-0.25, -0.2) is 0 Å². The minimum Gasteiger partial charge on any atom is -0.318 e. The third kappa shape index (κ3) is 3.38. The Kier molecular flexibility index (Phi) is 4.42. The highest BCUT2D eigenvalue weighted by Gasteiger charge is 2.04. The number of allylic oxidation sites excluding steroid dienone is 1. The minimum atomic E-state index is -0.211. The number of carbonyl (C=O) groups is 1. The highest BCUT2D eigenvalue weighted by atomic mass is 35.5. The monoisotopic (exact) mass is 307 g/mol. The van der Waals surface area contributed by atoms with Gasteiger partial charge in [0.05, 0.1) is 0 Å². The minimum absolute atomic E-state index is 0.164. The number of aryl methyl sites for hydroxylation is 1. The van der Waals surface area contributed by atoms with Gasteiger partial charge < -0.3 is 4.57 Å². The number of nitrogens with zero attached hydrogens (tertiary/aromatic N) is 1. The lowest BCUT2D eigenvalue weighted by Crippen LogP contribution is -2.15. The van der Waals surface area contributed by atoms with Crippen LogP contribution in [0.25, 0.3) is 6.08 Å². The number of benzene rings is 1. The number of aromatic nitrogens is 1. The van der Waals surface area contributed by atoms with E-state index in [9.17, 15) is 9.59 Å². The van der Waals surface area contributed by atoms with Gasteiger partial charge in [-0.2, -0.15) is 0 Å². The molecule has 2 rings (SSSR count). The van der Waals surface area contributed by atoms with Crippen LogP contribution < -0.4 is 5.56 Å². The second kappa shape index (κ2) is 6.07. The Morgan fingerprint density at radius 1 is 1.20 bits per heavy atom. The third-order valence-corrected chi connectivity index (χ3v) is 3.32. The molecule has 1 aromatic heterocycles. The zero-order valence-corrected chi connectivity index (χ0v) is 12.2. The molecular formula is C15H11Cl2NO2. The normalized spacial score (nSPS) is 10.9. The van der Waals surface area contributed by atoms with Crippen LogP contribution in [0.2, 0.25) is 10.0 Å². The summed E-state index contributed by atoms with van der Waals surface area (Å²) in [6.45, 7) is 0. The number of pyridine rings is 1. The Hall–Kier alpha value is -1.84. The van der Waals surface area contributed by atoms with Crippen molar-refractivity contribution in [3.63, 3.8) is 0 Å². The standard InChI is InChI=1S/C15H11Cl2NO2/c1-18-9-11(3-7-15(18)20)14(19)6-2-10-8-12(16)4-5-13(10)17/h2-9H,1H3/b6-2+. The molecule has 0 spiro atoms. The third-order valence-electron chi connectivity index (χ3n) is 2.74. The van der Waals surface area contributed by atoms with Crippen molar-refractivity contribution in [2.75, 3.05) is 0 Å². The molecule has 0 saturated heterocycles. The topological polar surface area (TPSA) is 39.1 Å². The van der Waals surface area contributed by atoms with Crippen LogP contribution in [0.1, 0.15) is 15.9 Å². The molecular weight excluding hydrogens is 297 g/mol. The van der Waals surface area contributed by atoms with Gasteiger partial charge in [0.2, 0.25) is 5.56 Å². The lowest BCUT2D eigenvalue weighted by molar-refractivity contribution is 0.104.